The standard InChI is InChI=1S/C64H41N3O/c1-2-19-44-41-63-53(40-43(44)18-1)64-52(26-17-35-62(64)68-63)51-25-8-10-28-55(51)65(60-33-15-16-34-61(60)67-58-31-13-6-23-49(58)50-24-7-14-32-59(50)67)45-38-36-42(37-39-45)46-20-3-9-27-54(46)66-56-29-11-4-21-47(56)48-22-5-12-30-57(48)66/h1-41H. The largest absolute Gasteiger partial charge is 0.456 e. The van der Waals surface area contributed by atoms with E-state index >= 15 is 0 Å². The summed E-state index contributed by atoms with van der Waals surface area (Å²) in [6.45, 7) is 0. The molecule has 3 heterocycles. The van der Waals surface area contributed by atoms with Gasteiger partial charge in [-0.3, -0.25) is 0 Å². The Morgan fingerprint density at radius 3 is 1.41 bits per heavy atom. The highest BCUT2D eigenvalue weighted by atomic mass is 16.3. The SMILES string of the molecule is c1ccc(N(c2ccc(-c3ccccc3-n3c4ccccc4c4ccccc43)cc2)c2ccccc2-n2c3ccccc3c3ccccc32)c(-c2cccc3oc4cc5ccccc5cc4c23)c1. The summed E-state index contributed by atoms with van der Waals surface area (Å²) in [5, 5.41) is 9.50. The zero-order chi connectivity index (χ0) is 44.7. The summed E-state index contributed by atoms with van der Waals surface area (Å²) in [7, 11) is 0. The number of rotatable bonds is 7. The van der Waals surface area contributed by atoms with Gasteiger partial charge in [0.25, 0.3) is 0 Å². The van der Waals surface area contributed by atoms with Crippen LogP contribution in [0.3, 0.4) is 0 Å². The van der Waals surface area contributed by atoms with Gasteiger partial charge in [0.05, 0.1) is 44.8 Å². The third kappa shape index (κ3) is 5.81. The van der Waals surface area contributed by atoms with Crippen molar-refractivity contribution in [3.05, 3.63) is 249 Å². The van der Waals surface area contributed by atoms with Crippen LogP contribution in [0.1, 0.15) is 0 Å². The fraction of sp³-hybridized carbons (Fsp3) is 0. The molecule has 3 aromatic heterocycles. The number of aromatic nitrogens is 2. The molecule has 0 saturated carbocycles. The maximum atomic E-state index is 6.66. The first-order valence-electron chi connectivity index (χ1n) is 23.3. The lowest BCUT2D eigenvalue weighted by Crippen LogP contribution is -2.14. The monoisotopic (exact) mass is 867 g/mol. The predicted molar refractivity (Wildman–Crippen MR) is 285 cm³/mol. The highest BCUT2D eigenvalue weighted by Crippen LogP contribution is 2.48. The van der Waals surface area contributed by atoms with E-state index in [0.29, 0.717) is 0 Å². The number of hydrogen-bond acceptors (Lipinski definition) is 2. The molecule has 318 valence electrons. The first kappa shape index (κ1) is 38.2. The van der Waals surface area contributed by atoms with Crippen molar-refractivity contribution < 1.29 is 4.42 Å². The smallest absolute Gasteiger partial charge is 0.136 e. The molecule has 68 heavy (non-hydrogen) atoms. The normalized spacial score (nSPS) is 11.8. The van der Waals surface area contributed by atoms with Crippen molar-refractivity contribution in [1.82, 2.24) is 9.13 Å². The molecular formula is C64H41N3O. The Labute approximate surface area is 392 Å². The molecule has 0 spiro atoms. The molecule has 4 nitrogen and oxygen atoms in total. The van der Waals surface area contributed by atoms with Crippen LogP contribution in [0.15, 0.2) is 253 Å². The number of nitrogens with zero attached hydrogens (tertiary/aromatic N) is 3. The zero-order valence-corrected chi connectivity index (χ0v) is 36.9. The van der Waals surface area contributed by atoms with Crippen LogP contribution in [0.4, 0.5) is 17.1 Å². The molecule has 0 aliphatic carbocycles. The minimum absolute atomic E-state index is 0.867. The van der Waals surface area contributed by atoms with E-state index in [1.807, 2.05) is 0 Å². The Balaban J connectivity index is 1.00. The molecule has 4 heteroatoms. The Kier molecular flexibility index (Phi) is 8.55. The van der Waals surface area contributed by atoms with E-state index in [-0.39, 0.29) is 0 Å². The van der Waals surface area contributed by atoms with Gasteiger partial charge in [-0.15, -0.1) is 0 Å². The van der Waals surface area contributed by atoms with Gasteiger partial charge >= 0.3 is 0 Å². The summed E-state index contributed by atoms with van der Waals surface area (Å²) in [6, 6.07) is 90.0. The molecule has 0 N–H and O–H groups in total. The van der Waals surface area contributed by atoms with E-state index in [0.717, 1.165) is 89.0 Å². The molecule has 0 radical (unpaired) electrons. The van der Waals surface area contributed by atoms with Gasteiger partial charge in [-0.25, -0.2) is 0 Å². The number of furan rings is 1. The van der Waals surface area contributed by atoms with Crippen LogP contribution in [-0.4, -0.2) is 9.13 Å². The molecule has 0 unspecified atom stereocenters. The van der Waals surface area contributed by atoms with Crippen molar-refractivity contribution in [2.75, 3.05) is 4.90 Å². The molecule has 14 rings (SSSR count). The predicted octanol–water partition coefficient (Wildman–Crippen LogP) is 17.7. The quantitative estimate of drug-likeness (QED) is 0.160. The number of anilines is 3. The number of para-hydroxylation sites is 8. The van der Waals surface area contributed by atoms with Gasteiger partial charge in [0.1, 0.15) is 11.2 Å². The van der Waals surface area contributed by atoms with E-state index < -0.39 is 0 Å². The van der Waals surface area contributed by atoms with Crippen molar-refractivity contribution in [1.29, 1.82) is 0 Å². The zero-order valence-electron chi connectivity index (χ0n) is 36.9. The fourth-order valence-corrected chi connectivity index (χ4v) is 10.9. The van der Waals surface area contributed by atoms with Crippen molar-refractivity contribution in [3.63, 3.8) is 0 Å². The van der Waals surface area contributed by atoms with Crippen LogP contribution in [0.2, 0.25) is 0 Å². The maximum Gasteiger partial charge on any atom is 0.136 e. The van der Waals surface area contributed by atoms with Gasteiger partial charge in [-0.2, -0.15) is 0 Å². The van der Waals surface area contributed by atoms with Crippen LogP contribution in [0.5, 0.6) is 0 Å². The molecule has 0 bridgehead atoms. The lowest BCUT2D eigenvalue weighted by molar-refractivity contribution is 0.669. The average molecular weight is 868 g/mol. The first-order chi connectivity index (χ1) is 33.8. The van der Waals surface area contributed by atoms with Gasteiger partial charge in [0.2, 0.25) is 0 Å². The molecule has 0 aliphatic rings. The van der Waals surface area contributed by atoms with Gasteiger partial charge < -0.3 is 18.5 Å². The minimum Gasteiger partial charge on any atom is -0.456 e. The Bertz CT molecular complexity index is 4180. The molecule has 0 atom stereocenters. The Hall–Kier alpha value is -9.12. The van der Waals surface area contributed by atoms with Crippen molar-refractivity contribution in [3.8, 4) is 33.6 Å². The van der Waals surface area contributed by atoms with Gasteiger partial charge in [-0.05, 0) is 101 Å². The molecule has 0 amide bonds. The van der Waals surface area contributed by atoms with Crippen LogP contribution in [-0.2, 0) is 0 Å². The fourth-order valence-electron chi connectivity index (χ4n) is 10.9. The van der Waals surface area contributed by atoms with Crippen molar-refractivity contribution in [2.45, 2.75) is 0 Å². The van der Waals surface area contributed by atoms with Crippen molar-refractivity contribution >= 4 is 93.4 Å². The van der Waals surface area contributed by atoms with Crippen LogP contribution in [0.25, 0.3) is 110 Å². The molecule has 14 aromatic rings. The van der Waals surface area contributed by atoms with Gasteiger partial charge in [0.15, 0.2) is 0 Å². The van der Waals surface area contributed by atoms with Crippen LogP contribution < -0.4 is 4.90 Å². The topological polar surface area (TPSA) is 26.2 Å². The number of hydrogen-bond donors (Lipinski definition) is 0. The van der Waals surface area contributed by atoms with E-state index in [4.69, 9.17) is 4.42 Å². The highest BCUT2D eigenvalue weighted by Gasteiger charge is 2.25. The van der Waals surface area contributed by atoms with Crippen LogP contribution in [0, 0.1) is 0 Å². The minimum atomic E-state index is 0.867. The lowest BCUT2D eigenvalue weighted by Gasteiger charge is -2.30. The number of fused-ring (bicyclic) bond motifs is 10. The Morgan fingerprint density at radius 1 is 0.309 bits per heavy atom. The summed E-state index contributed by atoms with van der Waals surface area (Å²) in [5.74, 6) is 0. The molecule has 0 saturated heterocycles. The van der Waals surface area contributed by atoms with Gasteiger partial charge in [0, 0.05) is 49.1 Å². The molecule has 0 aliphatic heterocycles. The van der Waals surface area contributed by atoms with E-state index in [9.17, 15) is 0 Å². The average Bonchev–Trinajstić information content (AvgIpc) is 4.06. The highest BCUT2D eigenvalue weighted by molar-refractivity contribution is 6.17. The summed E-state index contributed by atoms with van der Waals surface area (Å²) in [6.07, 6.45) is 0. The lowest BCUT2D eigenvalue weighted by atomic mass is 9.96. The molecule has 11 aromatic carbocycles. The molecular weight excluding hydrogens is 827 g/mol. The molecule has 0 fully saturated rings. The van der Waals surface area contributed by atoms with Crippen LogP contribution >= 0.6 is 0 Å². The van der Waals surface area contributed by atoms with E-state index in [2.05, 4.69) is 263 Å². The summed E-state index contributed by atoms with van der Waals surface area (Å²) in [5.41, 5.74) is 16.3. The Morgan fingerprint density at radius 2 is 0.779 bits per heavy atom. The summed E-state index contributed by atoms with van der Waals surface area (Å²) < 4.78 is 11.5. The summed E-state index contributed by atoms with van der Waals surface area (Å²) >= 11 is 0. The number of benzene rings is 11. The third-order valence-corrected chi connectivity index (χ3v) is 13.9. The van der Waals surface area contributed by atoms with Crippen molar-refractivity contribution in [2.24, 2.45) is 0 Å². The maximum absolute atomic E-state index is 6.66. The second kappa shape index (κ2) is 15.2. The third-order valence-electron chi connectivity index (χ3n) is 13.9. The first-order valence-corrected chi connectivity index (χ1v) is 23.3. The summed E-state index contributed by atoms with van der Waals surface area (Å²) in [4.78, 5) is 2.45. The second-order valence-electron chi connectivity index (χ2n) is 17.6. The van der Waals surface area contributed by atoms with E-state index in [1.165, 1.54) is 38.0 Å². The van der Waals surface area contributed by atoms with Gasteiger partial charge in [-0.1, -0.05) is 170 Å². The van der Waals surface area contributed by atoms with E-state index in [1.54, 1.807) is 0 Å². The second-order valence-corrected chi connectivity index (χ2v) is 17.6.